The number of carbonyl (C=O) groups excluding carboxylic acids is 2. The third-order valence-corrected chi connectivity index (χ3v) is 7.15. The summed E-state index contributed by atoms with van der Waals surface area (Å²) in [6.45, 7) is 6.73. The van der Waals surface area contributed by atoms with Crippen LogP contribution in [0.25, 0.3) is 0 Å². The van der Waals surface area contributed by atoms with E-state index in [-0.39, 0.29) is 11.9 Å². The van der Waals surface area contributed by atoms with Crippen molar-refractivity contribution in [2.24, 2.45) is 0 Å². The Balaban J connectivity index is 1.44. The molecule has 2 fully saturated rings. The van der Waals surface area contributed by atoms with Crippen LogP contribution in [0.15, 0.2) is 0 Å². The molecule has 0 saturated carbocycles. The number of hydrogen-bond acceptors (Lipinski definition) is 6. The maximum absolute atomic E-state index is 12.7. The number of hydrogen-bond donors (Lipinski definition) is 1. The Morgan fingerprint density at radius 3 is 2.89 bits per heavy atom. The van der Waals surface area contributed by atoms with E-state index < -0.39 is 0 Å². The minimum absolute atomic E-state index is 0.0226. The highest BCUT2D eigenvalue weighted by molar-refractivity contribution is 7.17. The van der Waals surface area contributed by atoms with Gasteiger partial charge in [0.05, 0.1) is 18.7 Å². The second-order valence-electron chi connectivity index (χ2n) is 7.75. The van der Waals surface area contributed by atoms with E-state index in [0.717, 1.165) is 50.9 Å². The second kappa shape index (κ2) is 8.29. The monoisotopic (exact) mass is 391 g/mol. The molecule has 148 valence electrons. The van der Waals surface area contributed by atoms with E-state index in [9.17, 15) is 9.59 Å². The molecule has 1 aliphatic carbocycles. The van der Waals surface area contributed by atoms with Crippen LogP contribution in [0, 0.1) is 0 Å². The van der Waals surface area contributed by atoms with E-state index in [0.29, 0.717) is 29.8 Å². The molecular weight excluding hydrogens is 362 g/mol. The van der Waals surface area contributed by atoms with Crippen LogP contribution in [-0.4, -0.2) is 67.0 Å². The third-order valence-electron chi connectivity index (χ3n) is 5.94. The zero-order valence-corrected chi connectivity index (χ0v) is 16.9. The number of amides is 1. The number of thiophene rings is 1. The highest BCUT2D eigenvalue weighted by atomic mass is 32.1. The van der Waals surface area contributed by atoms with Crippen LogP contribution < -0.4 is 5.32 Å². The lowest BCUT2D eigenvalue weighted by Crippen LogP contribution is -2.51. The summed E-state index contributed by atoms with van der Waals surface area (Å²) in [6, 6.07) is 0.607. The van der Waals surface area contributed by atoms with Crippen molar-refractivity contribution >= 4 is 28.2 Å². The molecule has 0 spiro atoms. The first-order valence-electron chi connectivity index (χ1n) is 10.2. The fourth-order valence-corrected chi connectivity index (χ4v) is 5.94. The van der Waals surface area contributed by atoms with Gasteiger partial charge in [0.25, 0.3) is 0 Å². The molecule has 1 N–H and O–H groups in total. The third kappa shape index (κ3) is 4.05. The molecule has 2 saturated heterocycles. The molecule has 1 atom stereocenters. The normalized spacial score (nSPS) is 22.9. The van der Waals surface area contributed by atoms with E-state index in [2.05, 4.69) is 15.1 Å². The topological polar surface area (TPSA) is 61.9 Å². The van der Waals surface area contributed by atoms with Gasteiger partial charge in [-0.1, -0.05) is 0 Å². The fraction of sp³-hybridized carbons (Fsp3) is 0.700. The second-order valence-corrected chi connectivity index (χ2v) is 8.86. The number of piperazine rings is 1. The summed E-state index contributed by atoms with van der Waals surface area (Å²) >= 11 is 1.56. The number of aryl methyl sites for hydroxylation is 1. The number of rotatable bonds is 5. The van der Waals surface area contributed by atoms with Gasteiger partial charge in [-0.2, -0.15) is 0 Å². The Kier molecular flexibility index (Phi) is 5.80. The highest BCUT2D eigenvalue weighted by Gasteiger charge is 2.32. The zero-order valence-electron chi connectivity index (χ0n) is 16.1. The largest absolute Gasteiger partial charge is 0.462 e. The zero-order chi connectivity index (χ0) is 18.8. The molecule has 6 nitrogen and oxygen atoms in total. The van der Waals surface area contributed by atoms with Crippen molar-refractivity contribution in [2.45, 2.75) is 51.5 Å². The molecule has 2 aliphatic heterocycles. The van der Waals surface area contributed by atoms with E-state index in [1.54, 1.807) is 11.3 Å². The highest BCUT2D eigenvalue weighted by Crippen LogP contribution is 2.38. The Labute approximate surface area is 164 Å². The molecule has 4 rings (SSSR count). The van der Waals surface area contributed by atoms with Gasteiger partial charge in [-0.05, 0) is 57.6 Å². The first-order chi connectivity index (χ1) is 13.2. The number of anilines is 1. The predicted molar refractivity (Wildman–Crippen MR) is 107 cm³/mol. The summed E-state index contributed by atoms with van der Waals surface area (Å²) in [5, 5.41) is 3.72. The summed E-state index contributed by atoms with van der Waals surface area (Å²) < 4.78 is 5.27. The van der Waals surface area contributed by atoms with Crippen LogP contribution in [0.3, 0.4) is 0 Å². The summed E-state index contributed by atoms with van der Waals surface area (Å²) in [5.74, 6) is -0.322. The molecule has 0 radical (unpaired) electrons. The van der Waals surface area contributed by atoms with Crippen molar-refractivity contribution in [1.29, 1.82) is 0 Å². The molecule has 27 heavy (non-hydrogen) atoms. The van der Waals surface area contributed by atoms with Gasteiger partial charge in [0, 0.05) is 30.6 Å². The first-order valence-corrected chi connectivity index (χ1v) is 11.0. The molecule has 7 heteroatoms. The fourth-order valence-electron chi connectivity index (χ4n) is 4.64. The van der Waals surface area contributed by atoms with Gasteiger partial charge in [-0.3, -0.25) is 14.6 Å². The Bertz CT molecular complexity index is 718. The van der Waals surface area contributed by atoms with Crippen LogP contribution in [0.4, 0.5) is 5.00 Å². The summed E-state index contributed by atoms with van der Waals surface area (Å²) in [5.41, 5.74) is 1.70. The number of carbonyl (C=O) groups is 2. The van der Waals surface area contributed by atoms with E-state index in [4.69, 9.17) is 4.74 Å². The summed E-state index contributed by atoms with van der Waals surface area (Å²) in [7, 11) is 0. The SMILES string of the molecule is CCOC(=O)c1c(NC(=O)CN2CCN3CCCC3C2)sc2c1CCCC2. The first kappa shape index (κ1) is 18.9. The van der Waals surface area contributed by atoms with Crippen LogP contribution in [-0.2, 0) is 22.4 Å². The predicted octanol–water partition coefficient (Wildman–Crippen LogP) is 2.52. The number of nitrogens with zero attached hydrogens (tertiary/aromatic N) is 2. The minimum atomic E-state index is -0.299. The van der Waals surface area contributed by atoms with E-state index in [1.807, 2.05) is 6.92 Å². The van der Waals surface area contributed by atoms with Crippen molar-refractivity contribution in [3.63, 3.8) is 0 Å². The average molecular weight is 392 g/mol. The molecule has 0 bridgehead atoms. The number of fused-ring (bicyclic) bond motifs is 2. The number of ether oxygens (including phenoxy) is 1. The van der Waals surface area contributed by atoms with Crippen molar-refractivity contribution in [1.82, 2.24) is 9.80 Å². The quantitative estimate of drug-likeness (QED) is 0.782. The smallest absolute Gasteiger partial charge is 0.341 e. The molecule has 3 heterocycles. The molecule has 0 aromatic carbocycles. The van der Waals surface area contributed by atoms with Crippen LogP contribution in [0.5, 0.6) is 0 Å². The molecule has 1 unspecified atom stereocenters. The van der Waals surface area contributed by atoms with Gasteiger partial charge in [-0.15, -0.1) is 11.3 Å². The lowest BCUT2D eigenvalue weighted by atomic mass is 9.95. The molecule has 1 amide bonds. The van der Waals surface area contributed by atoms with Gasteiger partial charge < -0.3 is 10.1 Å². The molecule has 3 aliphatic rings. The van der Waals surface area contributed by atoms with E-state index >= 15 is 0 Å². The average Bonchev–Trinajstić information content (AvgIpc) is 3.25. The molecular formula is C20H29N3O3S. The van der Waals surface area contributed by atoms with E-state index in [1.165, 1.54) is 24.3 Å². The van der Waals surface area contributed by atoms with Crippen LogP contribution in [0.1, 0.15) is 53.4 Å². The van der Waals surface area contributed by atoms with Gasteiger partial charge in [0.1, 0.15) is 5.00 Å². The number of esters is 1. The maximum atomic E-state index is 12.7. The van der Waals surface area contributed by atoms with Crippen molar-refractivity contribution in [3.05, 3.63) is 16.0 Å². The van der Waals surface area contributed by atoms with Crippen LogP contribution >= 0.6 is 11.3 Å². The molecule has 1 aromatic heterocycles. The lowest BCUT2D eigenvalue weighted by molar-refractivity contribution is -0.117. The van der Waals surface area contributed by atoms with Crippen molar-refractivity contribution < 1.29 is 14.3 Å². The Morgan fingerprint density at radius 1 is 1.19 bits per heavy atom. The maximum Gasteiger partial charge on any atom is 0.341 e. The summed E-state index contributed by atoms with van der Waals surface area (Å²) in [6.07, 6.45) is 6.65. The van der Waals surface area contributed by atoms with Gasteiger partial charge in [0.2, 0.25) is 5.91 Å². The van der Waals surface area contributed by atoms with Crippen molar-refractivity contribution in [2.75, 3.05) is 44.6 Å². The lowest BCUT2D eigenvalue weighted by Gasteiger charge is -2.37. The standard InChI is InChI=1S/C20H29N3O3S/c1-2-26-20(25)18-15-7-3-4-8-16(15)27-19(18)21-17(24)13-22-10-11-23-9-5-6-14(23)12-22/h14H,2-13H2,1H3,(H,21,24). The van der Waals surface area contributed by atoms with Gasteiger partial charge in [0.15, 0.2) is 0 Å². The number of nitrogens with one attached hydrogen (secondary N) is 1. The van der Waals surface area contributed by atoms with Crippen LogP contribution in [0.2, 0.25) is 0 Å². The summed E-state index contributed by atoms with van der Waals surface area (Å²) in [4.78, 5) is 31.2. The minimum Gasteiger partial charge on any atom is -0.462 e. The van der Waals surface area contributed by atoms with Crippen molar-refractivity contribution in [3.8, 4) is 0 Å². The van der Waals surface area contributed by atoms with Gasteiger partial charge in [-0.25, -0.2) is 4.79 Å². The Morgan fingerprint density at radius 2 is 2.04 bits per heavy atom. The molecule has 1 aromatic rings. The Hall–Kier alpha value is -1.44. The van der Waals surface area contributed by atoms with Gasteiger partial charge >= 0.3 is 5.97 Å².